The number of aromatic amines is 1. The molecule has 6 rings (SSSR count). The molecule has 37 heavy (non-hydrogen) atoms. The number of fused-ring (bicyclic) bond motifs is 6. The van der Waals surface area contributed by atoms with Crippen molar-refractivity contribution in [1.29, 1.82) is 0 Å². The van der Waals surface area contributed by atoms with Crippen LogP contribution in [-0.4, -0.2) is 33.3 Å². The normalized spacial score (nSPS) is 42.0. The lowest BCUT2D eigenvalue weighted by Gasteiger charge is -2.62. The molecule has 4 aliphatic carbocycles. The second kappa shape index (κ2) is 9.41. The van der Waals surface area contributed by atoms with Gasteiger partial charge in [0.25, 0.3) is 0 Å². The molecule has 1 aromatic carbocycles. The first-order valence-electron chi connectivity index (χ1n) is 14.9. The Labute approximate surface area is 221 Å². The number of carbonyl (C=O) groups excluding carboxylic acids is 1. The largest absolute Gasteiger partial charge is 0.393 e. The van der Waals surface area contributed by atoms with E-state index in [0.29, 0.717) is 41.9 Å². The fraction of sp³-hybridized carbons (Fsp3) is 0.719. The van der Waals surface area contributed by atoms with Crippen molar-refractivity contribution < 1.29 is 15.0 Å². The van der Waals surface area contributed by atoms with Crippen molar-refractivity contribution >= 4 is 22.5 Å². The molecule has 1 heterocycles. The van der Waals surface area contributed by atoms with Gasteiger partial charge < -0.3 is 20.5 Å². The first-order valence-corrected chi connectivity index (χ1v) is 14.9. The number of benzene rings is 1. The fourth-order valence-corrected chi connectivity index (χ4v) is 10.1. The third-order valence-electron chi connectivity index (χ3n) is 12.1. The molecule has 1 amide bonds. The van der Waals surface area contributed by atoms with Crippen LogP contribution in [-0.2, 0) is 4.79 Å². The molecular formula is C32H46N2O3. The topological polar surface area (TPSA) is 85.4 Å². The Kier molecular flexibility index (Phi) is 6.47. The van der Waals surface area contributed by atoms with Crippen LogP contribution in [0.2, 0.25) is 0 Å². The van der Waals surface area contributed by atoms with Gasteiger partial charge in [-0.3, -0.25) is 4.79 Å². The average molecular weight is 507 g/mol. The molecule has 0 bridgehead atoms. The lowest BCUT2D eigenvalue weighted by atomic mass is 9.43. The maximum atomic E-state index is 12.8. The Hall–Kier alpha value is -1.85. The van der Waals surface area contributed by atoms with Crippen molar-refractivity contribution in [2.45, 2.75) is 97.2 Å². The summed E-state index contributed by atoms with van der Waals surface area (Å²) in [5.74, 6) is 3.26. The Morgan fingerprint density at radius 1 is 1.05 bits per heavy atom. The van der Waals surface area contributed by atoms with Gasteiger partial charge in [-0.15, -0.1) is 0 Å². The fourth-order valence-electron chi connectivity index (χ4n) is 10.1. The van der Waals surface area contributed by atoms with Crippen LogP contribution in [0.1, 0.15) is 85.0 Å². The van der Waals surface area contributed by atoms with Crippen LogP contribution in [0, 0.1) is 46.3 Å². The summed E-state index contributed by atoms with van der Waals surface area (Å²) >= 11 is 0. The Balaban J connectivity index is 1.10. The van der Waals surface area contributed by atoms with Crippen molar-refractivity contribution in [1.82, 2.24) is 4.98 Å². The molecule has 4 aliphatic rings. The maximum Gasteiger partial charge on any atom is 0.224 e. The number of amides is 1. The molecule has 0 radical (unpaired) electrons. The van der Waals surface area contributed by atoms with Gasteiger partial charge in [0, 0.05) is 29.2 Å². The van der Waals surface area contributed by atoms with Crippen molar-refractivity contribution in [2.75, 3.05) is 5.32 Å². The summed E-state index contributed by atoms with van der Waals surface area (Å²) in [4.78, 5) is 16.0. The molecule has 4 saturated carbocycles. The molecule has 0 spiro atoms. The van der Waals surface area contributed by atoms with Gasteiger partial charge in [0.1, 0.15) is 0 Å². The summed E-state index contributed by atoms with van der Waals surface area (Å²) in [6, 6.07) is 8.04. The lowest BCUT2D eigenvalue weighted by Crippen LogP contribution is -2.58. The highest BCUT2D eigenvalue weighted by Gasteiger charge is 2.62. The Morgan fingerprint density at radius 2 is 1.84 bits per heavy atom. The molecule has 5 heteroatoms. The van der Waals surface area contributed by atoms with Gasteiger partial charge in [-0.05, 0) is 128 Å². The van der Waals surface area contributed by atoms with Crippen LogP contribution in [0.3, 0.4) is 0 Å². The van der Waals surface area contributed by atoms with Crippen LogP contribution in [0.5, 0.6) is 0 Å². The van der Waals surface area contributed by atoms with Crippen LogP contribution in [0.4, 0.5) is 5.69 Å². The number of nitrogens with one attached hydrogen (secondary N) is 2. The number of hydrogen-bond acceptors (Lipinski definition) is 3. The zero-order valence-electron chi connectivity index (χ0n) is 22.9. The molecule has 4 fully saturated rings. The van der Waals surface area contributed by atoms with E-state index in [0.717, 1.165) is 48.7 Å². The third-order valence-corrected chi connectivity index (χ3v) is 12.1. The standard InChI is InChI=1S/C32H46N2O3/c1-19(4-9-29(37)34-22-5-8-27-20(16-22)12-15-33-27)24-6-7-25-30-26(11-14-32(24,25)3)31(2)13-10-23(35)17-21(31)18-28(30)36/h5,8,12,15-16,19,21,23-26,28,30,33,35-36H,4,6-7,9-11,13-14,17-18H2,1-3H3,(H,34,37)/t19-,21+,23-,24-,25+,26+,28+,30+,31+,32-/m0/s1. The minimum absolute atomic E-state index is 0.103. The Bertz CT molecular complexity index is 1140. The van der Waals surface area contributed by atoms with Crippen LogP contribution >= 0.6 is 0 Å². The van der Waals surface area contributed by atoms with Gasteiger partial charge in [0.05, 0.1) is 12.2 Å². The van der Waals surface area contributed by atoms with Crippen molar-refractivity contribution in [3.05, 3.63) is 30.5 Å². The molecule has 2 aromatic rings. The second-order valence-corrected chi connectivity index (χ2v) is 13.8. The summed E-state index contributed by atoms with van der Waals surface area (Å²) in [5, 5.41) is 26.0. The van der Waals surface area contributed by atoms with E-state index in [1.807, 2.05) is 30.5 Å². The van der Waals surface area contributed by atoms with Gasteiger partial charge in [-0.2, -0.15) is 0 Å². The van der Waals surface area contributed by atoms with Gasteiger partial charge in [0.15, 0.2) is 0 Å². The molecule has 0 saturated heterocycles. The zero-order chi connectivity index (χ0) is 25.9. The predicted octanol–water partition coefficient (Wildman–Crippen LogP) is 6.51. The summed E-state index contributed by atoms with van der Waals surface area (Å²) in [5.41, 5.74) is 2.48. The highest BCUT2D eigenvalue weighted by Crippen LogP contribution is 2.68. The lowest BCUT2D eigenvalue weighted by molar-refractivity contribution is -0.174. The first kappa shape index (κ1) is 25.4. The SMILES string of the molecule is C[C@@H](CCC(=O)Nc1ccc2[nH]ccc2c1)[C@@H]1CC[C@@H]2[C@H]3[C@H](O)C[C@H]4C[C@@H](O)CC[C@@]4(C)[C@@H]3CC[C@]21C. The van der Waals surface area contributed by atoms with Crippen molar-refractivity contribution in [3.63, 3.8) is 0 Å². The van der Waals surface area contributed by atoms with Crippen LogP contribution in [0.15, 0.2) is 30.5 Å². The van der Waals surface area contributed by atoms with Gasteiger partial charge in [-0.1, -0.05) is 20.8 Å². The minimum Gasteiger partial charge on any atom is -0.393 e. The van der Waals surface area contributed by atoms with E-state index in [1.54, 1.807) is 0 Å². The smallest absolute Gasteiger partial charge is 0.224 e. The molecule has 0 aliphatic heterocycles. The van der Waals surface area contributed by atoms with E-state index >= 15 is 0 Å². The summed E-state index contributed by atoms with van der Waals surface area (Å²) in [6.07, 6.45) is 11.7. The maximum absolute atomic E-state index is 12.8. The highest BCUT2D eigenvalue weighted by molar-refractivity contribution is 5.93. The third kappa shape index (κ3) is 4.25. The molecule has 1 aromatic heterocycles. The van der Waals surface area contributed by atoms with Crippen molar-refractivity contribution in [3.8, 4) is 0 Å². The number of aliphatic hydroxyl groups is 2. The number of H-pyrrole nitrogens is 1. The number of aliphatic hydroxyl groups excluding tert-OH is 2. The van der Waals surface area contributed by atoms with Crippen molar-refractivity contribution in [2.24, 2.45) is 46.3 Å². The molecule has 10 atom stereocenters. The number of hydrogen-bond donors (Lipinski definition) is 4. The predicted molar refractivity (Wildman–Crippen MR) is 148 cm³/mol. The Morgan fingerprint density at radius 3 is 2.68 bits per heavy atom. The van der Waals surface area contributed by atoms with E-state index in [-0.39, 0.29) is 28.9 Å². The van der Waals surface area contributed by atoms with E-state index in [2.05, 4.69) is 31.1 Å². The van der Waals surface area contributed by atoms with Crippen LogP contribution < -0.4 is 5.32 Å². The number of anilines is 1. The second-order valence-electron chi connectivity index (χ2n) is 13.8. The average Bonchev–Trinajstić information content (AvgIpc) is 3.47. The van der Waals surface area contributed by atoms with E-state index in [9.17, 15) is 15.0 Å². The molecule has 0 unspecified atom stereocenters. The summed E-state index contributed by atoms with van der Waals surface area (Å²) in [6.45, 7) is 7.36. The summed E-state index contributed by atoms with van der Waals surface area (Å²) < 4.78 is 0. The molecular weight excluding hydrogens is 460 g/mol. The number of aromatic nitrogens is 1. The number of carbonyl (C=O) groups is 1. The van der Waals surface area contributed by atoms with Gasteiger partial charge >= 0.3 is 0 Å². The molecule has 202 valence electrons. The summed E-state index contributed by atoms with van der Waals surface area (Å²) in [7, 11) is 0. The quantitative estimate of drug-likeness (QED) is 0.373. The highest BCUT2D eigenvalue weighted by atomic mass is 16.3. The van der Waals surface area contributed by atoms with E-state index < -0.39 is 0 Å². The first-order chi connectivity index (χ1) is 17.7. The monoisotopic (exact) mass is 506 g/mol. The van der Waals surface area contributed by atoms with Crippen LogP contribution in [0.25, 0.3) is 10.9 Å². The zero-order valence-corrected chi connectivity index (χ0v) is 22.9. The van der Waals surface area contributed by atoms with E-state index in [1.165, 1.54) is 25.7 Å². The van der Waals surface area contributed by atoms with Gasteiger partial charge in [-0.25, -0.2) is 0 Å². The molecule has 4 N–H and O–H groups in total. The molecule has 5 nitrogen and oxygen atoms in total. The van der Waals surface area contributed by atoms with E-state index in [4.69, 9.17) is 0 Å². The minimum atomic E-state index is -0.227. The van der Waals surface area contributed by atoms with Gasteiger partial charge in [0.2, 0.25) is 5.91 Å². The number of rotatable bonds is 5.